The highest BCUT2D eigenvalue weighted by Crippen LogP contribution is 2.30. The molecule has 5 rings (SSSR count). The Morgan fingerprint density at radius 1 is 1.07 bits per heavy atom. The summed E-state index contributed by atoms with van der Waals surface area (Å²) >= 11 is 0. The van der Waals surface area contributed by atoms with E-state index >= 15 is 0 Å². The van der Waals surface area contributed by atoms with Crippen LogP contribution in [-0.4, -0.2) is 38.9 Å². The van der Waals surface area contributed by atoms with Crippen molar-refractivity contribution in [2.24, 2.45) is 13.0 Å². The molecule has 1 saturated heterocycles. The molecule has 1 saturated carbocycles. The smallest absolute Gasteiger partial charge is 0.229 e. The Morgan fingerprint density at radius 3 is 2.53 bits per heavy atom. The Morgan fingerprint density at radius 2 is 1.80 bits per heavy atom. The molecule has 2 heterocycles. The highest BCUT2D eigenvalue weighted by molar-refractivity contribution is 5.97. The maximum absolute atomic E-state index is 12.7. The zero-order chi connectivity index (χ0) is 20.7. The molecule has 1 aromatic heterocycles. The number of nitrogens with zero attached hydrogens (tertiary/aromatic N) is 3. The first-order valence-electron chi connectivity index (χ1n) is 10.7. The number of benzene rings is 2. The Labute approximate surface area is 175 Å². The molecular formula is C24H26N4O2. The van der Waals surface area contributed by atoms with E-state index < -0.39 is 0 Å². The predicted molar refractivity (Wildman–Crippen MR) is 117 cm³/mol. The van der Waals surface area contributed by atoms with Crippen molar-refractivity contribution in [3.63, 3.8) is 0 Å². The third-order valence-corrected chi connectivity index (χ3v) is 6.49. The third kappa shape index (κ3) is 3.36. The number of carbonyl (C=O) groups is 2. The van der Waals surface area contributed by atoms with Crippen LogP contribution in [0, 0.1) is 5.92 Å². The SMILES string of the molecule is Cn1c(-c2ccc(NC(=O)C3CC(=O)N(C4CCCC4)C3)cc2)nc2ccccc21. The molecule has 2 aliphatic rings. The van der Waals surface area contributed by atoms with Crippen LogP contribution in [-0.2, 0) is 16.6 Å². The van der Waals surface area contributed by atoms with Gasteiger partial charge in [-0.05, 0) is 49.2 Å². The molecule has 2 aromatic carbocycles. The average molecular weight is 402 g/mol. The van der Waals surface area contributed by atoms with Crippen molar-refractivity contribution in [3.8, 4) is 11.4 Å². The van der Waals surface area contributed by atoms with Crippen LogP contribution in [0.25, 0.3) is 22.4 Å². The van der Waals surface area contributed by atoms with Gasteiger partial charge in [0.15, 0.2) is 0 Å². The molecule has 0 spiro atoms. The van der Waals surface area contributed by atoms with E-state index in [1.165, 1.54) is 12.8 Å². The van der Waals surface area contributed by atoms with Gasteiger partial charge in [0.2, 0.25) is 11.8 Å². The number of nitrogens with one attached hydrogen (secondary N) is 1. The predicted octanol–water partition coefficient (Wildman–Crippen LogP) is 3.97. The minimum Gasteiger partial charge on any atom is -0.339 e. The van der Waals surface area contributed by atoms with Crippen molar-refractivity contribution in [1.82, 2.24) is 14.5 Å². The maximum Gasteiger partial charge on any atom is 0.229 e. The van der Waals surface area contributed by atoms with Crippen LogP contribution in [0.2, 0.25) is 0 Å². The number of aromatic nitrogens is 2. The van der Waals surface area contributed by atoms with Crippen molar-refractivity contribution in [3.05, 3.63) is 48.5 Å². The average Bonchev–Trinajstić information content (AvgIpc) is 3.48. The molecule has 1 unspecified atom stereocenters. The van der Waals surface area contributed by atoms with Crippen molar-refractivity contribution in [2.45, 2.75) is 38.1 Å². The number of imidazole rings is 1. The first-order chi connectivity index (χ1) is 14.6. The molecule has 1 atom stereocenters. The first-order valence-corrected chi connectivity index (χ1v) is 10.7. The topological polar surface area (TPSA) is 67.2 Å². The molecule has 3 aromatic rings. The van der Waals surface area contributed by atoms with Gasteiger partial charge in [-0.2, -0.15) is 0 Å². The number of anilines is 1. The van der Waals surface area contributed by atoms with Gasteiger partial charge in [0.25, 0.3) is 0 Å². The number of likely N-dealkylation sites (tertiary alicyclic amines) is 1. The molecule has 1 aliphatic carbocycles. The van der Waals surface area contributed by atoms with Crippen molar-refractivity contribution in [1.29, 1.82) is 0 Å². The quantitative estimate of drug-likeness (QED) is 0.718. The lowest BCUT2D eigenvalue weighted by Crippen LogP contribution is -2.35. The molecule has 154 valence electrons. The lowest BCUT2D eigenvalue weighted by atomic mass is 10.1. The van der Waals surface area contributed by atoms with Gasteiger partial charge in [-0.15, -0.1) is 0 Å². The molecule has 6 heteroatoms. The highest BCUT2D eigenvalue weighted by atomic mass is 16.2. The second-order valence-electron chi connectivity index (χ2n) is 8.44. The van der Waals surface area contributed by atoms with Crippen molar-refractivity contribution in [2.75, 3.05) is 11.9 Å². The zero-order valence-electron chi connectivity index (χ0n) is 17.2. The lowest BCUT2D eigenvalue weighted by Gasteiger charge is -2.23. The number of fused-ring (bicyclic) bond motifs is 1. The number of rotatable bonds is 4. The van der Waals surface area contributed by atoms with Crippen LogP contribution in [0.1, 0.15) is 32.1 Å². The van der Waals surface area contributed by atoms with E-state index in [2.05, 4.69) is 16.0 Å². The normalized spacial score (nSPS) is 19.7. The number of hydrogen-bond donors (Lipinski definition) is 1. The summed E-state index contributed by atoms with van der Waals surface area (Å²) in [4.78, 5) is 31.8. The van der Waals surface area contributed by atoms with Gasteiger partial charge < -0.3 is 14.8 Å². The number of hydrogen-bond acceptors (Lipinski definition) is 3. The molecule has 1 N–H and O–H groups in total. The molecule has 1 aliphatic heterocycles. The maximum atomic E-state index is 12.7. The molecule has 30 heavy (non-hydrogen) atoms. The molecule has 2 amide bonds. The fourth-order valence-electron chi connectivity index (χ4n) is 4.83. The molecule has 0 radical (unpaired) electrons. The number of para-hydroxylation sites is 2. The molecular weight excluding hydrogens is 376 g/mol. The fourth-order valence-corrected chi connectivity index (χ4v) is 4.83. The van der Waals surface area contributed by atoms with E-state index in [4.69, 9.17) is 4.98 Å². The summed E-state index contributed by atoms with van der Waals surface area (Å²) in [6.45, 7) is 0.549. The van der Waals surface area contributed by atoms with E-state index in [0.29, 0.717) is 19.0 Å². The zero-order valence-corrected chi connectivity index (χ0v) is 17.2. The summed E-state index contributed by atoms with van der Waals surface area (Å²) in [5.41, 5.74) is 3.79. The third-order valence-electron chi connectivity index (χ3n) is 6.49. The first kappa shape index (κ1) is 18.9. The van der Waals surface area contributed by atoms with Gasteiger partial charge in [-0.1, -0.05) is 25.0 Å². The van der Waals surface area contributed by atoms with Gasteiger partial charge in [0.1, 0.15) is 5.82 Å². The number of carbonyl (C=O) groups excluding carboxylic acids is 2. The minimum atomic E-state index is -0.266. The van der Waals surface area contributed by atoms with Crippen LogP contribution in [0.4, 0.5) is 5.69 Å². The monoisotopic (exact) mass is 402 g/mol. The van der Waals surface area contributed by atoms with E-state index in [-0.39, 0.29) is 17.7 Å². The number of amides is 2. The Hall–Kier alpha value is -3.15. The van der Waals surface area contributed by atoms with E-state index in [0.717, 1.165) is 41.0 Å². The van der Waals surface area contributed by atoms with Gasteiger partial charge in [0, 0.05) is 37.3 Å². The lowest BCUT2D eigenvalue weighted by molar-refractivity contribution is -0.129. The minimum absolute atomic E-state index is 0.0701. The molecule has 6 nitrogen and oxygen atoms in total. The van der Waals surface area contributed by atoms with Crippen molar-refractivity contribution >= 4 is 28.5 Å². The van der Waals surface area contributed by atoms with Crippen LogP contribution in [0.15, 0.2) is 48.5 Å². The Bertz CT molecular complexity index is 1100. The summed E-state index contributed by atoms with van der Waals surface area (Å²) in [6.07, 6.45) is 4.83. The Balaban J connectivity index is 1.27. The summed E-state index contributed by atoms with van der Waals surface area (Å²) in [6, 6.07) is 16.1. The molecule has 2 fully saturated rings. The van der Waals surface area contributed by atoms with Crippen LogP contribution >= 0.6 is 0 Å². The van der Waals surface area contributed by atoms with Gasteiger partial charge in [-0.25, -0.2) is 4.98 Å². The van der Waals surface area contributed by atoms with Crippen LogP contribution < -0.4 is 5.32 Å². The number of aryl methyl sites for hydroxylation is 1. The van der Waals surface area contributed by atoms with Gasteiger partial charge in [0.05, 0.1) is 17.0 Å². The fraction of sp³-hybridized carbons (Fsp3) is 0.375. The van der Waals surface area contributed by atoms with Crippen LogP contribution in [0.3, 0.4) is 0 Å². The van der Waals surface area contributed by atoms with E-state index in [1.807, 2.05) is 54.4 Å². The van der Waals surface area contributed by atoms with Crippen molar-refractivity contribution < 1.29 is 9.59 Å². The summed E-state index contributed by atoms with van der Waals surface area (Å²) in [5, 5.41) is 2.99. The van der Waals surface area contributed by atoms with Gasteiger partial charge in [-0.3, -0.25) is 9.59 Å². The van der Waals surface area contributed by atoms with E-state index in [1.54, 1.807) is 0 Å². The van der Waals surface area contributed by atoms with Crippen LogP contribution in [0.5, 0.6) is 0 Å². The standard InChI is InChI=1S/C24H26N4O2/c1-27-21-9-5-4-8-20(21)26-23(27)16-10-12-18(13-11-16)25-24(30)17-14-22(29)28(15-17)19-6-2-3-7-19/h4-5,8-13,17,19H,2-3,6-7,14-15H2,1H3,(H,25,30). The second kappa shape index (κ2) is 7.59. The molecule has 0 bridgehead atoms. The second-order valence-corrected chi connectivity index (χ2v) is 8.44. The summed E-state index contributed by atoms with van der Waals surface area (Å²) < 4.78 is 2.07. The summed E-state index contributed by atoms with van der Waals surface area (Å²) in [5.74, 6) is 0.680. The Kier molecular flexibility index (Phi) is 4.77. The summed E-state index contributed by atoms with van der Waals surface area (Å²) in [7, 11) is 2.01. The van der Waals surface area contributed by atoms with Gasteiger partial charge >= 0.3 is 0 Å². The van der Waals surface area contributed by atoms with E-state index in [9.17, 15) is 9.59 Å². The highest BCUT2D eigenvalue weighted by Gasteiger charge is 2.38. The largest absolute Gasteiger partial charge is 0.339 e.